The number of anilines is 1. The molecule has 4 aromatic rings. The van der Waals surface area contributed by atoms with Crippen LogP contribution in [0, 0.1) is 0 Å². The van der Waals surface area contributed by atoms with E-state index in [-0.39, 0.29) is 5.91 Å². The summed E-state index contributed by atoms with van der Waals surface area (Å²) < 4.78 is 2.20. The quantitative estimate of drug-likeness (QED) is 0.262. The van der Waals surface area contributed by atoms with Crippen molar-refractivity contribution in [3.63, 3.8) is 0 Å². The summed E-state index contributed by atoms with van der Waals surface area (Å²) in [5, 5.41) is 4.93. The Morgan fingerprint density at radius 2 is 1.75 bits per heavy atom. The predicted molar refractivity (Wildman–Crippen MR) is 137 cm³/mol. The summed E-state index contributed by atoms with van der Waals surface area (Å²) in [5.74, 6) is 0.358. The number of aryl methyl sites for hydroxylation is 1. The molecule has 0 unspecified atom stereocenters. The summed E-state index contributed by atoms with van der Waals surface area (Å²) in [6, 6.07) is 24.4. The summed E-state index contributed by atoms with van der Waals surface area (Å²) in [6.45, 7) is 2.89. The van der Waals surface area contributed by atoms with Crippen LogP contribution in [-0.2, 0) is 17.8 Å². The number of benzene rings is 3. The van der Waals surface area contributed by atoms with Gasteiger partial charge in [-0.2, -0.15) is 0 Å². The first-order valence-corrected chi connectivity index (χ1v) is 12.3. The normalized spacial score (nSPS) is 11.1. The number of hydrogen-bond acceptors (Lipinski definition) is 2. The van der Waals surface area contributed by atoms with Crippen molar-refractivity contribution < 1.29 is 4.79 Å². The molecule has 0 aliphatic carbocycles. The number of nitrogens with zero attached hydrogens (tertiary/aromatic N) is 1. The molecule has 0 atom stereocenters. The van der Waals surface area contributed by atoms with Crippen molar-refractivity contribution in [2.24, 2.45) is 0 Å². The third-order valence-corrected chi connectivity index (χ3v) is 6.88. The highest BCUT2D eigenvalue weighted by Crippen LogP contribution is 2.31. The van der Waals surface area contributed by atoms with Gasteiger partial charge in [-0.05, 0) is 48.2 Å². The second-order valence-electron chi connectivity index (χ2n) is 7.87. The highest BCUT2D eigenvalue weighted by Gasteiger charge is 2.12. The Hall–Kier alpha value is -2.69. The molecule has 5 heteroatoms. The van der Waals surface area contributed by atoms with Crippen LogP contribution >= 0.6 is 23.4 Å². The first-order valence-electron chi connectivity index (χ1n) is 11.0. The van der Waals surface area contributed by atoms with Gasteiger partial charge in [0.1, 0.15) is 0 Å². The van der Waals surface area contributed by atoms with Gasteiger partial charge in [0.05, 0.1) is 5.75 Å². The van der Waals surface area contributed by atoms with E-state index in [1.54, 1.807) is 11.8 Å². The van der Waals surface area contributed by atoms with Gasteiger partial charge in [-0.15, -0.1) is 11.8 Å². The lowest BCUT2D eigenvalue weighted by Crippen LogP contribution is -2.13. The standard InChI is InChI=1S/C27H27ClN2OS/c1-2-3-8-20-13-15-22(16-14-20)29-27(31)19-32-26-18-30(25-12-7-5-10-23(25)26)17-21-9-4-6-11-24(21)28/h4-7,9-16,18H,2-3,8,17,19H2,1H3,(H,29,31). The number of halogens is 1. The number of thioether (sulfide) groups is 1. The molecule has 0 aliphatic rings. The van der Waals surface area contributed by atoms with Gasteiger partial charge in [-0.3, -0.25) is 4.79 Å². The number of amides is 1. The summed E-state index contributed by atoms with van der Waals surface area (Å²) in [6.07, 6.45) is 5.57. The van der Waals surface area contributed by atoms with Gasteiger partial charge in [0, 0.05) is 39.3 Å². The van der Waals surface area contributed by atoms with Crippen LogP contribution in [0.15, 0.2) is 83.9 Å². The van der Waals surface area contributed by atoms with Gasteiger partial charge in [-0.25, -0.2) is 0 Å². The molecule has 0 saturated heterocycles. The molecule has 1 amide bonds. The van der Waals surface area contributed by atoms with E-state index in [4.69, 9.17) is 11.6 Å². The second-order valence-corrected chi connectivity index (χ2v) is 9.29. The lowest BCUT2D eigenvalue weighted by atomic mass is 10.1. The smallest absolute Gasteiger partial charge is 0.234 e. The van der Waals surface area contributed by atoms with Crippen LogP contribution in [0.1, 0.15) is 30.9 Å². The van der Waals surface area contributed by atoms with E-state index in [9.17, 15) is 4.79 Å². The fraction of sp³-hybridized carbons (Fsp3) is 0.222. The average molecular weight is 463 g/mol. The molecule has 32 heavy (non-hydrogen) atoms. The van der Waals surface area contributed by atoms with Crippen molar-refractivity contribution in [2.45, 2.75) is 37.6 Å². The van der Waals surface area contributed by atoms with E-state index in [0.29, 0.717) is 12.3 Å². The Morgan fingerprint density at radius 3 is 2.53 bits per heavy atom. The molecule has 3 aromatic carbocycles. The molecule has 0 fully saturated rings. The maximum atomic E-state index is 12.6. The number of fused-ring (bicyclic) bond motifs is 1. The third kappa shape index (κ3) is 5.56. The minimum Gasteiger partial charge on any atom is -0.342 e. The summed E-state index contributed by atoms with van der Waals surface area (Å²) in [5.41, 5.74) is 4.37. The lowest BCUT2D eigenvalue weighted by molar-refractivity contribution is -0.113. The molecular weight excluding hydrogens is 436 g/mol. The fourth-order valence-corrected chi connectivity index (χ4v) is 4.83. The van der Waals surface area contributed by atoms with Crippen molar-refractivity contribution in [2.75, 3.05) is 11.1 Å². The molecule has 0 spiro atoms. The summed E-state index contributed by atoms with van der Waals surface area (Å²) in [4.78, 5) is 13.7. The number of carbonyl (C=O) groups is 1. The van der Waals surface area contributed by atoms with Crippen LogP contribution in [0.4, 0.5) is 5.69 Å². The molecule has 1 heterocycles. The highest BCUT2D eigenvalue weighted by atomic mass is 35.5. The summed E-state index contributed by atoms with van der Waals surface area (Å²) >= 11 is 7.94. The predicted octanol–water partition coefficient (Wildman–Crippen LogP) is 7.42. The number of nitrogens with one attached hydrogen (secondary N) is 1. The van der Waals surface area contributed by atoms with Crippen molar-refractivity contribution >= 4 is 45.9 Å². The van der Waals surface area contributed by atoms with Crippen molar-refractivity contribution in [1.29, 1.82) is 0 Å². The molecule has 0 aliphatic heterocycles. The van der Waals surface area contributed by atoms with E-state index >= 15 is 0 Å². The van der Waals surface area contributed by atoms with E-state index < -0.39 is 0 Å². The minimum atomic E-state index is -0.000701. The Kier molecular flexibility index (Phi) is 7.56. The van der Waals surface area contributed by atoms with Crippen LogP contribution in [0.5, 0.6) is 0 Å². The van der Waals surface area contributed by atoms with E-state index in [1.165, 1.54) is 18.4 Å². The van der Waals surface area contributed by atoms with Gasteiger partial charge in [0.2, 0.25) is 5.91 Å². The number of para-hydroxylation sites is 1. The van der Waals surface area contributed by atoms with E-state index in [1.807, 2.05) is 48.5 Å². The zero-order valence-electron chi connectivity index (χ0n) is 18.2. The minimum absolute atomic E-state index is 0.000701. The maximum absolute atomic E-state index is 12.6. The van der Waals surface area contributed by atoms with Crippen LogP contribution in [0.25, 0.3) is 10.9 Å². The molecule has 0 bridgehead atoms. The Bertz CT molecular complexity index is 1200. The Labute approximate surface area is 198 Å². The topological polar surface area (TPSA) is 34.0 Å². The van der Waals surface area contributed by atoms with Gasteiger partial charge in [0.25, 0.3) is 0 Å². The first kappa shape index (κ1) is 22.5. The molecule has 3 nitrogen and oxygen atoms in total. The van der Waals surface area contributed by atoms with Crippen LogP contribution < -0.4 is 5.32 Å². The zero-order valence-corrected chi connectivity index (χ0v) is 19.8. The molecular formula is C27H27ClN2OS. The van der Waals surface area contributed by atoms with Crippen LogP contribution in [0.2, 0.25) is 5.02 Å². The number of unbranched alkanes of at least 4 members (excludes halogenated alkanes) is 1. The number of rotatable bonds is 9. The van der Waals surface area contributed by atoms with Crippen LogP contribution in [0.3, 0.4) is 0 Å². The highest BCUT2D eigenvalue weighted by molar-refractivity contribution is 8.00. The van der Waals surface area contributed by atoms with Gasteiger partial charge in [-0.1, -0.05) is 73.5 Å². The molecule has 164 valence electrons. The number of aromatic nitrogens is 1. The molecule has 4 rings (SSSR count). The maximum Gasteiger partial charge on any atom is 0.234 e. The molecule has 0 saturated carbocycles. The number of hydrogen-bond donors (Lipinski definition) is 1. The second kappa shape index (κ2) is 10.8. The fourth-order valence-electron chi connectivity index (χ4n) is 3.75. The average Bonchev–Trinajstić information content (AvgIpc) is 3.16. The van der Waals surface area contributed by atoms with Crippen molar-refractivity contribution in [3.8, 4) is 0 Å². The summed E-state index contributed by atoms with van der Waals surface area (Å²) in [7, 11) is 0. The van der Waals surface area contributed by atoms with Crippen LogP contribution in [-0.4, -0.2) is 16.2 Å². The first-order chi connectivity index (χ1) is 15.6. The lowest BCUT2D eigenvalue weighted by Gasteiger charge is -2.07. The molecule has 1 N–H and O–H groups in total. The third-order valence-electron chi connectivity index (χ3n) is 5.47. The van der Waals surface area contributed by atoms with Gasteiger partial charge < -0.3 is 9.88 Å². The largest absolute Gasteiger partial charge is 0.342 e. The van der Waals surface area contributed by atoms with E-state index in [0.717, 1.165) is 38.5 Å². The van der Waals surface area contributed by atoms with Crippen molar-refractivity contribution in [1.82, 2.24) is 4.57 Å². The monoisotopic (exact) mass is 462 g/mol. The zero-order chi connectivity index (χ0) is 22.3. The number of carbonyl (C=O) groups excluding carboxylic acids is 1. The SMILES string of the molecule is CCCCc1ccc(NC(=O)CSc2cn(Cc3ccccc3Cl)c3ccccc23)cc1. The molecule has 1 aromatic heterocycles. The van der Waals surface area contributed by atoms with E-state index in [2.05, 4.69) is 47.3 Å². The van der Waals surface area contributed by atoms with Gasteiger partial charge >= 0.3 is 0 Å². The Balaban J connectivity index is 1.43. The van der Waals surface area contributed by atoms with Crippen molar-refractivity contribution in [3.05, 3.63) is 95.1 Å². The van der Waals surface area contributed by atoms with Gasteiger partial charge in [0.15, 0.2) is 0 Å². The molecule has 0 radical (unpaired) electrons. The Morgan fingerprint density at radius 1 is 1.00 bits per heavy atom.